The van der Waals surface area contributed by atoms with E-state index < -0.39 is 24.4 Å². The maximum absolute atomic E-state index is 14.1. The van der Waals surface area contributed by atoms with Crippen LogP contribution in [-0.2, 0) is 13.7 Å². The number of hydrogen-bond acceptors (Lipinski definition) is 5. The summed E-state index contributed by atoms with van der Waals surface area (Å²) in [5.41, 5.74) is 1.21. The van der Waals surface area contributed by atoms with Crippen molar-refractivity contribution < 1.29 is 22.7 Å². The molecule has 1 aromatic carbocycles. The zero-order chi connectivity index (χ0) is 22.2. The standard InChI is InChI=1S/C22H23F2N3O4/c1-13-20(21(29)26-18-8-9-25-12-22(18,23)24)16-10-15(6-7-17(16)31-13)30-11-14-4-3-5-19(28)27(14)2/h3-7,10,18,25H,8-9,11-12H2,1-2H3,(H,26,29). The number of alkyl halides is 2. The molecule has 0 saturated carbocycles. The van der Waals surface area contributed by atoms with Gasteiger partial charge in [-0.2, -0.15) is 0 Å². The molecule has 4 rings (SSSR count). The second-order valence-electron chi connectivity index (χ2n) is 7.65. The van der Waals surface area contributed by atoms with Crippen LogP contribution >= 0.6 is 0 Å². The molecule has 1 unspecified atom stereocenters. The van der Waals surface area contributed by atoms with Crippen LogP contribution in [0.5, 0.6) is 5.75 Å². The van der Waals surface area contributed by atoms with Crippen molar-refractivity contribution in [2.75, 3.05) is 13.1 Å². The first-order valence-electron chi connectivity index (χ1n) is 9.96. The van der Waals surface area contributed by atoms with Gasteiger partial charge in [0.15, 0.2) is 0 Å². The largest absolute Gasteiger partial charge is 0.487 e. The molecule has 0 bridgehead atoms. The van der Waals surface area contributed by atoms with Crippen LogP contribution in [-0.4, -0.2) is 35.5 Å². The number of hydrogen-bond donors (Lipinski definition) is 2. The Kier molecular flexibility index (Phi) is 5.53. The number of carbonyl (C=O) groups is 1. The molecular weight excluding hydrogens is 408 g/mol. The highest BCUT2D eigenvalue weighted by molar-refractivity contribution is 6.07. The molecule has 1 atom stereocenters. The van der Waals surface area contributed by atoms with Crippen molar-refractivity contribution in [1.82, 2.24) is 15.2 Å². The minimum Gasteiger partial charge on any atom is -0.487 e. The van der Waals surface area contributed by atoms with E-state index in [0.29, 0.717) is 34.7 Å². The van der Waals surface area contributed by atoms with Gasteiger partial charge in [-0.05, 0) is 44.2 Å². The van der Waals surface area contributed by atoms with E-state index in [2.05, 4.69) is 10.6 Å². The third-order valence-electron chi connectivity index (χ3n) is 5.52. The Labute approximate surface area is 177 Å². The minimum absolute atomic E-state index is 0.137. The number of furan rings is 1. The molecule has 31 heavy (non-hydrogen) atoms. The average Bonchev–Trinajstić information content (AvgIpc) is 3.05. The van der Waals surface area contributed by atoms with Crippen LogP contribution in [0.4, 0.5) is 8.78 Å². The maximum atomic E-state index is 14.1. The Morgan fingerprint density at radius 3 is 2.94 bits per heavy atom. The molecule has 3 aromatic rings. The molecule has 0 radical (unpaired) electrons. The fraction of sp³-hybridized carbons (Fsp3) is 0.364. The second-order valence-corrected chi connectivity index (χ2v) is 7.65. The van der Waals surface area contributed by atoms with Crippen LogP contribution in [0.15, 0.2) is 45.6 Å². The van der Waals surface area contributed by atoms with E-state index in [9.17, 15) is 18.4 Å². The van der Waals surface area contributed by atoms with E-state index in [0.717, 1.165) is 0 Å². The average molecular weight is 431 g/mol. The highest BCUT2D eigenvalue weighted by Gasteiger charge is 2.42. The number of benzene rings is 1. The minimum atomic E-state index is -3.03. The van der Waals surface area contributed by atoms with Gasteiger partial charge in [-0.15, -0.1) is 0 Å². The van der Waals surface area contributed by atoms with Gasteiger partial charge < -0.3 is 24.4 Å². The Morgan fingerprint density at radius 1 is 1.35 bits per heavy atom. The van der Waals surface area contributed by atoms with Crippen molar-refractivity contribution >= 4 is 16.9 Å². The van der Waals surface area contributed by atoms with Crippen molar-refractivity contribution in [1.29, 1.82) is 0 Å². The smallest absolute Gasteiger partial charge is 0.280 e. The Bertz CT molecular complexity index is 1190. The number of ether oxygens (including phenoxy) is 1. The lowest BCUT2D eigenvalue weighted by Crippen LogP contribution is -2.57. The Morgan fingerprint density at radius 2 is 2.16 bits per heavy atom. The van der Waals surface area contributed by atoms with Crippen LogP contribution in [0.3, 0.4) is 0 Å². The number of amides is 1. The van der Waals surface area contributed by atoms with Gasteiger partial charge in [0, 0.05) is 18.5 Å². The molecule has 3 heterocycles. The van der Waals surface area contributed by atoms with Crippen molar-refractivity contribution in [2.45, 2.75) is 31.9 Å². The molecule has 9 heteroatoms. The van der Waals surface area contributed by atoms with E-state index in [1.54, 1.807) is 44.3 Å². The molecule has 1 aliphatic heterocycles. The number of rotatable bonds is 5. The number of piperidine rings is 1. The van der Waals surface area contributed by atoms with Gasteiger partial charge >= 0.3 is 0 Å². The summed E-state index contributed by atoms with van der Waals surface area (Å²) in [5.74, 6) is -2.83. The quantitative estimate of drug-likeness (QED) is 0.649. The third-order valence-corrected chi connectivity index (χ3v) is 5.52. The van der Waals surface area contributed by atoms with Gasteiger partial charge in [0.2, 0.25) is 0 Å². The summed E-state index contributed by atoms with van der Waals surface area (Å²) in [6, 6.07) is 8.64. The van der Waals surface area contributed by atoms with Crippen molar-refractivity contribution in [3.05, 3.63) is 63.8 Å². The number of halogens is 2. The molecule has 1 saturated heterocycles. The molecule has 0 aliphatic carbocycles. The lowest BCUT2D eigenvalue weighted by Gasteiger charge is -2.32. The van der Waals surface area contributed by atoms with Gasteiger partial charge in [0.05, 0.1) is 23.8 Å². The lowest BCUT2D eigenvalue weighted by atomic mass is 10.0. The molecule has 164 valence electrons. The van der Waals surface area contributed by atoms with Gasteiger partial charge in [0.1, 0.15) is 23.7 Å². The fourth-order valence-corrected chi connectivity index (χ4v) is 3.72. The number of pyridine rings is 1. The van der Waals surface area contributed by atoms with E-state index in [1.807, 2.05) is 0 Å². The van der Waals surface area contributed by atoms with Crippen molar-refractivity contribution in [3.63, 3.8) is 0 Å². The van der Waals surface area contributed by atoms with E-state index in [4.69, 9.17) is 9.15 Å². The molecule has 2 aromatic heterocycles. The highest BCUT2D eigenvalue weighted by atomic mass is 19.3. The summed E-state index contributed by atoms with van der Waals surface area (Å²) in [7, 11) is 1.66. The molecule has 1 fully saturated rings. The van der Waals surface area contributed by atoms with Crippen LogP contribution < -0.4 is 20.9 Å². The molecule has 1 amide bonds. The maximum Gasteiger partial charge on any atom is 0.280 e. The fourth-order valence-electron chi connectivity index (χ4n) is 3.72. The molecule has 0 spiro atoms. The van der Waals surface area contributed by atoms with Crippen LogP contribution in [0, 0.1) is 6.92 Å². The molecular formula is C22H23F2N3O4. The van der Waals surface area contributed by atoms with Gasteiger partial charge in [-0.3, -0.25) is 9.59 Å². The summed E-state index contributed by atoms with van der Waals surface area (Å²) in [4.78, 5) is 24.6. The summed E-state index contributed by atoms with van der Waals surface area (Å²) >= 11 is 0. The normalized spacial score (nSPS) is 18.1. The first-order chi connectivity index (χ1) is 14.8. The molecule has 2 N–H and O–H groups in total. The first kappa shape index (κ1) is 21.0. The van der Waals surface area contributed by atoms with Crippen molar-refractivity contribution in [3.8, 4) is 5.75 Å². The predicted octanol–water partition coefficient (Wildman–Crippen LogP) is 2.75. The lowest BCUT2D eigenvalue weighted by molar-refractivity contribution is -0.0487. The second kappa shape index (κ2) is 8.14. The number of carbonyl (C=O) groups excluding carboxylic acids is 1. The number of nitrogens with one attached hydrogen (secondary N) is 2. The summed E-state index contributed by atoms with van der Waals surface area (Å²) in [6.07, 6.45) is 0.137. The summed E-state index contributed by atoms with van der Waals surface area (Å²) < 4.78 is 41.2. The van der Waals surface area contributed by atoms with Crippen LogP contribution in [0.25, 0.3) is 11.0 Å². The SMILES string of the molecule is Cc1oc2ccc(OCc3cccc(=O)n3C)cc2c1C(=O)NC1CCNCC1(F)F. The zero-order valence-corrected chi connectivity index (χ0v) is 17.2. The molecule has 7 nitrogen and oxygen atoms in total. The van der Waals surface area contributed by atoms with E-state index in [1.165, 1.54) is 10.6 Å². The monoisotopic (exact) mass is 431 g/mol. The number of aryl methyl sites for hydroxylation is 1. The zero-order valence-electron chi connectivity index (χ0n) is 17.2. The summed E-state index contributed by atoms with van der Waals surface area (Å²) in [5, 5.41) is 5.58. The Balaban J connectivity index is 1.58. The third kappa shape index (κ3) is 4.18. The number of aromatic nitrogens is 1. The van der Waals surface area contributed by atoms with Crippen molar-refractivity contribution in [2.24, 2.45) is 7.05 Å². The highest BCUT2D eigenvalue weighted by Crippen LogP contribution is 2.30. The molecule has 1 aliphatic rings. The topological polar surface area (TPSA) is 85.5 Å². The van der Waals surface area contributed by atoms with E-state index in [-0.39, 0.29) is 24.2 Å². The summed E-state index contributed by atoms with van der Waals surface area (Å²) in [6.45, 7) is 1.71. The van der Waals surface area contributed by atoms with Crippen LogP contribution in [0.2, 0.25) is 0 Å². The first-order valence-corrected chi connectivity index (χ1v) is 9.96. The predicted molar refractivity (Wildman–Crippen MR) is 111 cm³/mol. The Hall–Kier alpha value is -3.20. The van der Waals surface area contributed by atoms with Gasteiger partial charge in [-0.25, -0.2) is 8.78 Å². The van der Waals surface area contributed by atoms with Gasteiger partial charge in [-0.1, -0.05) is 6.07 Å². The van der Waals surface area contributed by atoms with Gasteiger partial charge in [0.25, 0.3) is 17.4 Å². The van der Waals surface area contributed by atoms with Crippen LogP contribution in [0.1, 0.15) is 28.2 Å². The number of fused-ring (bicyclic) bond motifs is 1. The van der Waals surface area contributed by atoms with E-state index >= 15 is 0 Å². The number of nitrogens with zero attached hydrogens (tertiary/aromatic N) is 1.